The number of nitrogens with one attached hydrogen (secondary N) is 1. The molecule has 4 atom stereocenters. The Hall–Kier alpha value is -1.11. The third kappa shape index (κ3) is 3.21. The number of aliphatic hydroxyl groups excluding tert-OH is 1. The highest BCUT2D eigenvalue weighted by Gasteiger charge is 2.64. The first-order chi connectivity index (χ1) is 14.4. The summed E-state index contributed by atoms with van der Waals surface area (Å²) in [5, 5.41) is 14.6. The molecule has 1 aliphatic heterocycles. The molecule has 1 unspecified atom stereocenters. The molecule has 2 bridgehead atoms. The fourth-order valence-electron chi connectivity index (χ4n) is 6.62. The zero-order valence-electron chi connectivity index (χ0n) is 18.2. The zero-order valence-corrected chi connectivity index (χ0v) is 19.1. The first kappa shape index (κ1) is 20.8. The van der Waals surface area contributed by atoms with Gasteiger partial charge in [0.15, 0.2) is 11.5 Å². The summed E-state index contributed by atoms with van der Waals surface area (Å²) in [4.78, 5) is 0.779. The maximum absolute atomic E-state index is 13.9. The molecule has 0 radical (unpaired) electrons. The minimum absolute atomic E-state index is 0.0118. The van der Waals surface area contributed by atoms with E-state index in [9.17, 15) is 9.32 Å². The molecule has 2 N–H and O–H groups in total. The molecule has 4 aliphatic rings. The summed E-state index contributed by atoms with van der Waals surface area (Å²) in [6, 6.07) is 4.52. The highest BCUT2D eigenvalue weighted by molar-refractivity contribution is 7.85. The van der Waals surface area contributed by atoms with Crippen molar-refractivity contribution in [2.24, 2.45) is 16.7 Å². The van der Waals surface area contributed by atoms with Crippen molar-refractivity contribution in [1.82, 2.24) is 5.32 Å². The van der Waals surface area contributed by atoms with Crippen LogP contribution in [0.3, 0.4) is 0 Å². The van der Waals surface area contributed by atoms with E-state index in [1.807, 2.05) is 12.1 Å². The van der Waals surface area contributed by atoms with Gasteiger partial charge in [-0.25, -0.2) is 0 Å². The van der Waals surface area contributed by atoms with E-state index in [1.54, 1.807) is 0 Å². The van der Waals surface area contributed by atoms with Crippen LogP contribution in [-0.4, -0.2) is 34.0 Å². The lowest BCUT2D eigenvalue weighted by molar-refractivity contribution is 0.0160. The van der Waals surface area contributed by atoms with Crippen LogP contribution >= 0.6 is 0 Å². The van der Waals surface area contributed by atoms with Gasteiger partial charge < -0.3 is 19.9 Å². The molecule has 1 aromatic carbocycles. The summed E-state index contributed by atoms with van der Waals surface area (Å²) in [6.45, 7) is 5.40. The fraction of sp³-hybridized carbons (Fsp3) is 0.750. The van der Waals surface area contributed by atoms with Gasteiger partial charge in [-0.1, -0.05) is 39.2 Å². The molecule has 0 saturated heterocycles. The number of hydrogen-bond donors (Lipinski definition) is 2. The van der Waals surface area contributed by atoms with Gasteiger partial charge in [-0.3, -0.25) is 4.21 Å². The average molecular weight is 434 g/mol. The fourth-order valence-corrected chi connectivity index (χ4v) is 8.74. The van der Waals surface area contributed by atoms with Crippen LogP contribution in [-0.2, 0) is 17.3 Å². The Morgan fingerprint density at radius 3 is 2.67 bits per heavy atom. The Labute approximate surface area is 182 Å². The Morgan fingerprint density at radius 1 is 1.17 bits per heavy atom. The van der Waals surface area contributed by atoms with Gasteiger partial charge in [0, 0.05) is 23.8 Å². The van der Waals surface area contributed by atoms with Gasteiger partial charge in [-0.15, -0.1) is 0 Å². The highest BCUT2D eigenvalue weighted by atomic mass is 32.2. The van der Waals surface area contributed by atoms with Crippen LogP contribution in [0.4, 0.5) is 0 Å². The van der Waals surface area contributed by atoms with E-state index >= 15 is 0 Å². The molecule has 3 aliphatic carbocycles. The maximum atomic E-state index is 13.9. The van der Waals surface area contributed by atoms with Gasteiger partial charge in [0.25, 0.3) is 0 Å². The molecule has 3 fully saturated rings. The third-order valence-corrected chi connectivity index (χ3v) is 10.4. The number of ether oxygens (including phenoxy) is 2. The summed E-state index contributed by atoms with van der Waals surface area (Å²) in [5.41, 5.74) is 0.774. The first-order valence-corrected chi connectivity index (χ1v) is 13.0. The van der Waals surface area contributed by atoms with Crippen molar-refractivity contribution in [2.75, 3.05) is 12.5 Å². The van der Waals surface area contributed by atoms with Gasteiger partial charge in [-0.05, 0) is 55.1 Å². The van der Waals surface area contributed by atoms with Crippen LogP contribution in [0, 0.1) is 16.7 Å². The number of aliphatic hydroxyl groups is 1. The van der Waals surface area contributed by atoms with Crippen molar-refractivity contribution in [3.05, 3.63) is 17.7 Å². The molecule has 6 heteroatoms. The van der Waals surface area contributed by atoms with E-state index in [-0.39, 0.29) is 23.7 Å². The first-order valence-electron chi connectivity index (χ1n) is 11.6. The molecule has 30 heavy (non-hydrogen) atoms. The second kappa shape index (κ2) is 7.79. The normalized spacial score (nSPS) is 33.2. The molecule has 0 amide bonds. The lowest BCUT2D eigenvalue weighted by Gasteiger charge is -2.40. The Bertz CT molecular complexity index is 835. The maximum Gasteiger partial charge on any atom is 0.231 e. The van der Waals surface area contributed by atoms with Gasteiger partial charge in [0.05, 0.1) is 21.8 Å². The molecule has 166 valence electrons. The predicted molar refractivity (Wildman–Crippen MR) is 117 cm³/mol. The number of benzene rings is 1. The van der Waals surface area contributed by atoms with Gasteiger partial charge >= 0.3 is 0 Å². The smallest absolute Gasteiger partial charge is 0.231 e. The number of fused-ring (bicyclic) bond motifs is 3. The average Bonchev–Trinajstić information content (AvgIpc) is 3.35. The van der Waals surface area contributed by atoms with Crippen LogP contribution in [0.5, 0.6) is 11.5 Å². The molecule has 0 spiro atoms. The van der Waals surface area contributed by atoms with E-state index in [2.05, 4.69) is 19.2 Å². The monoisotopic (exact) mass is 433 g/mol. The predicted octanol–water partition coefficient (Wildman–Crippen LogP) is 4.13. The van der Waals surface area contributed by atoms with Crippen molar-refractivity contribution in [1.29, 1.82) is 0 Å². The van der Waals surface area contributed by atoms with Gasteiger partial charge in [-0.2, -0.15) is 0 Å². The SMILES string of the molecule is CC1(C)[C@@H]2CC[C@@]1(CS(=O)c1c(CNC3CCCCC3)ccc3c1OCO3)[C@H](O)C2. The standard InChI is InChI=1S/C24H35NO4S/c1-23(2)17-10-11-24(23,20(26)12-17)14-30(27)22-16(8-9-19-21(22)29-15-28-19)13-25-18-6-4-3-5-7-18/h8-9,17-18,20,25-26H,3-7,10-15H2,1-2H3/t17-,20-,24-,30?/m1/s1. The van der Waals surface area contributed by atoms with Crippen LogP contribution in [0.2, 0.25) is 0 Å². The lowest BCUT2D eigenvalue weighted by Crippen LogP contribution is -2.43. The van der Waals surface area contributed by atoms with Crippen LogP contribution in [0.15, 0.2) is 17.0 Å². The van der Waals surface area contributed by atoms with E-state index in [1.165, 1.54) is 32.1 Å². The van der Waals surface area contributed by atoms with Gasteiger partial charge in [0.2, 0.25) is 6.79 Å². The summed E-state index contributed by atoms with van der Waals surface area (Å²) in [7, 11) is -1.26. The van der Waals surface area contributed by atoms with Crippen molar-refractivity contribution in [2.45, 2.75) is 88.8 Å². The van der Waals surface area contributed by atoms with Crippen molar-refractivity contribution in [3.8, 4) is 11.5 Å². The van der Waals surface area contributed by atoms with Crippen LogP contribution < -0.4 is 14.8 Å². The second-order valence-corrected chi connectivity index (χ2v) is 11.7. The van der Waals surface area contributed by atoms with Crippen molar-refractivity contribution in [3.63, 3.8) is 0 Å². The van der Waals surface area contributed by atoms with Crippen molar-refractivity contribution >= 4 is 10.8 Å². The molecule has 1 heterocycles. The molecule has 0 aromatic heterocycles. The topological polar surface area (TPSA) is 67.8 Å². The molecule has 5 rings (SSSR count). The quantitative estimate of drug-likeness (QED) is 0.706. The molecule has 1 aromatic rings. The van der Waals surface area contributed by atoms with E-state index in [0.717, 1.165) is 29.7 Å². The lowest BCUT2D eigenvalue weighted by atomic mass is 9.70. The second-order valence-electron chi connectivity index (χ2n) is 10.4. The number of rotatable bonds is 6. The Balaban J connectivity index is 1.42. The Kier molecular flexibility index (Phi) is 5.39. The molecular weight excluding hydrogens is 398 g/mol. The van der Waals surface area contributed by atoms with Crippen LogP contribution in [0.25, 0.3) is 0 Å². The van der Waals surface area contributed by atoms with E-state index < -0.39 is 10.8 Å². The van der Waals surface area contributed by atoms with E-state index in [0.29, 0.717) is 35.8 Å². The summed E-state index contributed by atoms with van der Waals surface area (Å²) < 4.78 is 25.3. The summed E-state index contributed by atoms with van der Waals surface area (Å²) >= 11 is 0. The van der Waals surface area contributed by atoms with Crippen LogP contribution in [0.1, 0.15) is 70.8 Å². The molecule has 3 saturated carbocycles. The van der Waals surface area contributed by atoms with E-state index in [4.69, 9.17) is 9.47 Å². The largest absolute Gasteiger partial charge is 0.454 e. The minimum Gasteiger partial charge on any atom is -0.454 e. The molecule has 5 nitrogen and oxygen atoms in total. The minimum atomic E-state index is -1.26. The summed E-state index contributed by atoms with van der Waals surface area (Å²) in [5.74, 6) is 2.35. The summed E-state index contributed by atoms with van der Waals surface area (Å²) in [6.07, 6.45) is 8.90. The molecular formula is C24H35NO4S. The number of hydrogen-bond acceptors (Lipinski definition) is 5. The highest BCUT2D eigenvalue weighted by Crippen LogP contribution is 2.66. The van der Waals surface area contributed by atoms with Gasteiger partial charge in [0.1, 0.15) is 0 Å². The Morgan fingerprint density at radius 2 is 1.97 bits per heavy atom. The zero-order chi connectivity index (χ0) is 20.9. The van der Waals surface area contributed by atoms with Crippen molar-refractivity contribution < 1.29 is 18.8 Å². The third-order valence-electron chi connectivity index (χ3n) is 8.77.